The molecule has 0 bridgehead atoms. The molecule has 102 valence electrons. The van der Waals surface area contributed by atoms with E-state index in [1.54, 1.807) is 11.3 Å². The van der Waals surface area contributed by atoms with Crippen LogP contribution in [-0.4, -0.2) is 22.8 Å². The van der Waals surface area contributed by atoms with Gasteiger partial charge in [0.05, 0.1) is 6.10 Å². The Morgan fingerprint density at radius 1 is 1.22 bits per heavy atom. The fourth-order valence-electron chi connectivity index (χ4n) is 2.73. The minimum atomic E-state index is 0.398. The highest BCUT2D eigenvalue weighted by molar-refractivity contribution is 7.15. The van der Waals surface area contributed by atoms with Crippen LogP contribution in [0.4, 0.5) is 5.13 Å². The van der Waals surface area contributed by atoms with E-state index in [0.717, 1.165) is 28.5 Å². The van der Waals surface area contributed by atoms with Crippen molar-refractivity contribution < 1.29 is 4.74 Å². The standard InChI is InChI=1S/C13H23N3OS/c1-4-14-13-16-15-12(18-13)8-17-11-6-9(2)5-10(3)7-11/h9-11H,4-8H2,1-3H3,(H,14,16). The molecule has 2 unspecified atom stereocenters. The summed E-state index contributed by atoms with van der Waals surface area (Å²) in [5, 5.41) is 13.2. The molecule has 0 aliphatic heterocycles. The normalized spacial score (nSPS) is 28.3. The van der Waals surface area contributed by atoms with Gasteiger partial charge in [0.15, 0.2) is 0 Å². The van der Waals surface area contributed by atoms with Crippen LogP contribution in [0.3, 0.4) is 0 Å². The van der Waals surface area contributed by atoms with Crippen LogP contribution in [0.15, 0.2) is 0 Å². The maximum Gasteiger partial charge on any atom is 0.205 e. The van der Waals surface area contributed by atoms with Gasteiger partial charge in [0.25, 0.3) is 0 Å². The molecule has 5 heteroatoms. The fourth-order valence-corrected chi connectivity index (χ4v) is 3.46. The van der Waals surface area contributed by atoms with Gasteiger partial charge >= 0.3 is 0 Å². The molecule has 0 radical (unpaired) electrons. The topological polar surface area (TPSA) is 47.0 Å². The lowest BCUT2D eigenvalue weighted by Gasteiger charge is -2.31. The Morgan fingerprint density at radius 2 is 1.94 bits per heavy atom. The van der Waals surface area contributed by atoms with Crippen molar-refractivity contribution in [3.8, 4) is 0 Å². The van der Waals surface area contributed by atoms with Crippen molar-refractivity contribution in [1.82, 2.24) is 10.2 Å². The Kier molecular flexibility index (Phi) is 4.95. The smallest absolute Gasteiger partial charge is 0.205 e. The minimum absolute atomic E-state index is 0.398. The van der Waals surface area contributed by atoms with E-state index in [2.05, 4.69) is 36.3 Å². The lowest BCUT2D eigenvalue weighted by Crippen LogP contribution is -2.26. The summed E-state index contributed by atoms with van der Waals surface area (Å²) in [7, 11) is 0. The highest BCUT2D eigenvalue weighted by Gasteiger charge is 2.24. The molecule has 0 amide bonds. The van der Waals surface area contributed by atoms with Crippen LogP contribution >= 0.6 is 11.3 Å². The first-order chi connectivity index (χ1) is 8.67. The van der Waals surface area contributed by atoms with Crippen molar-refractivity contribution in [3.63, 3.8) is 0 Å². The molecule has 0 spiro atoms. The third kappa shape index (κ3) is 3.92. The maximum absolute atomic E-state index is 5.98. The van der Waals surface area contributed by atoms with E-state index in [-0.39, 0.29) is 0 Å². The number of ether oxygens (including phenoxy) is 1. The molecule has 1 heterocycles. The Hall–Kier alpha value is -0.680. The second-order valence-corrected chi connectivity index (χ2v) is 6.44. The monoisotopic (exact) mass is 269 g/mol. The zero-order valence-corrected chi connectivity index (χ0v) is 12.3. The molecule has 2 atom stereocenters. The summed E-state index contributed by atoms with van der Waals surface area (Å²) < 4.78 is 5.98. The minimum Gasteiger partial charge on any atom is -0.371 e. The number of aromatic nitrogens is 2. The van der Waals surface area contributed by atoms with Crippen molar-refractivity contribution in [1.29, 1.82) is 0 Å². The SMILES string of the molecule is CCNc1nnc(COC2CC(C)CC(C)C2)s1. The molecule has 2 rings (SSSR count). The molecule has 4 nitrogen and oxygen atoms in total. The first-order valence-corrected chi connectivity index (χ1v) is 7.66. The van der Waals surface area contributed by atoms with E-state index in [9.17, 15) is 0 Å². The van der Waals surface area contributed by atoms with Gasteiger partial charge in [-0.05, 0) is 38.0 Å². The van der Waals surface area contributed by atoms with Gasteiger partial charge in [-0.15, -0.1) is 10.2 Å². The van der Waals surface area contributed by atoms with E-state index >= 15 is 0 Å². The van der Waals surface area contributed by atoms with Crippen molar-refractivity contribution in [2.75, 3.05) is 11.9 Å². The Morgan fingerprint density at radius 3 is 2.61 bits per heavy atom. The van der Waals surface area contributed by atoms with E-state index in [4.69, 9.17) is 4.74 Å². The van der Waals surface area contributed by atoms with Crippen LogP contribution < -0.4 is 5.32 Å². The number of hydrogen-bond acceptors (Lipinski definition) is 5. The summed E-state index contributed by atoms with van der Waals surface area (Å²) >= 11 is 1.59. The van der Waals surface area contributed by atoms with Crippen LogP contribution in [0.2, 0.25) is 0 Å². The van der Waals surface area contributed by atoms with Gasteiger partial charge in [-0.25, -0.2) is 0 Å². The average Bonchev–Trinajstić information content (AvgIpc) is 2.74. The molecule has 1 aliphatic carbocycles. The second-order valence-electron chi connectivity index (χ2n) is 5.38. The summed E-state index contributed by atoms with van der Waals surface area (Å²) in [5.74, 6) is 1.57. The lowest BCUT2D eigenvalue weighted by molar-refractivity contribution is -0.00939. The third-order valence-electron chi connectivity index (χ3n) is 3.37. The molecule has 1 fully saturated rings. The maximum atomic E-state index is 5.98. The van der Waals surface area contributed by atoms with Crippen LogP contribution in [0.1, 0.15) is 45.0 Å². The molecule has 0 aromatic carbocycles. The van der Waals surface area contributed by atoms with Crippen molar-refractivity contribution >= 4 is 16.5 Å². The summed E-state index contributed by atoms with van der Waals surface area (Å²) in [5.41, 5.74) is 0. The molecular weight excluding hydrogens is 246 g/mol. The molecule has 1 aromatic rings. The summed E-state index contributed by atoms with van der Waals surface area (Å²) in [6, 6.07) is 0. The van der Waals surface area contributed by atoms with Gasteiger partial charge in [0.1, 0.15) is 11.6 Å². The molecule has 18 heavy (non-hydrogen) atoms. The predicted octanol–water partition coefficient (Wildman–Crippen LogP) is 3.31. The number of anilines is 1. The highest BCUT2D eigenvalue weighted by atomic mass is 32.1. The highest BCUT2D eigenvalue weighted by Crippen LogP contribution is 2.31. The van der Waals surface area contributed by atoms with Crippen LogP contribution in [0.5, 0.6) is 0 Å². The number of nitrogens with zero attached hydrogens (tertiary/aromatic N) is 2. The molecule has 1 N–H and O–H groups in total. The lowest BCUT2D eigenvalue weighted by atomic mass is 9.82. The molecule has 1 aliphatic rings. The van der Waals surface area contributed by atoms with Gasteiger partial charge in [-0.3, -0.25) is 0 Å². The van der Waals surface area contributed by atoms with Crippen LogP contribution in [0, 0.1) is 11.8 Å². The molecular formula is C13H23N3OS. The van der Waals surface area contributed by atoms with Crippen molar-refractivity contribution in [3.05, 3.63) is 5.01 Å². The van der Waals surface area contributed by atoms with Crippen LogP contribution in [0.25, 0.3) is 0 Å². The van der Waals surface area contributed by atoms with Crippen LogP contribution in [-0.2, 0) is 11.3 Å². The predicted molar refractivity (Wildman–Crippen MR) is 74.8 cm³/mol. The largest absolute Gasteiger partial charge is 0.371 e. The summed E-state index contributed by atoms with van der Waals surface area (Å²) in [6.45, 7) is 8.18. The molecule has 1 saturated carbocycles. The molecule has 0 saturated heterocycles. The molecule has 1 aromatic heterocycles. The second kappa shape index (κ2) is 6.48. The Balaban J connectivity index is 1.79. The zero-order valence-electron chi connectivity index (χ0n) is 11.5. The average molecular weight is 269 g/mol. The van der Waals surface area contributed by atoms with E-state index in [1.807, 2.05) is 0 Å². The summed E-state index contributed by atoms with van der Waals surface area (Å²) in [6.07, 6.45) is 4.10. The summed E-state index contributed by atoms with van der Waals surface area (Å²) in [4.78, 5) is 0. The third-order valence-corrected chi connectivity index (χ3v) is 4.23. The number of nitrogens with one attached hydrogen (secondary N) is 1. The van der Waals surface area contributed by atoms with Gasteiger partial charge in [-0.1, -0.05) is 25.2 Å². The fraction of sp³-hybridized carbons (Fsp3) is 0.846. The number of hydrogen-bond donors (Lipinski definition) is 1. The Labute approximate surface area is 113 Å². The van der Waals surface area contributed by atoms with E-state index in [0.29, 0.717) is 12.7 Å². The van der Waals surface area contributed by atoms with Gasteiger partial charge in [-0.2, -0.15) is 0 Å². The van der Waals surface area contributed by atoms with Crippen molar-refractivity contribution in [2.24, 2.45) is 11.8 Å². The quantitative estimate of drug-likeness (QED) is 0.891. The zero-order chi connectivity index (χ0) is 13.0. The van der Waals surface area contributed by atoms with Crippen molar-refractivity contribution in [2.45, 2.75) is 52.7 Å². The van der Waals surface area contributed by atoms with E-state index in [1.165, 1.54) is 19.3 Å². The first-order valence-electron chi connectivity index (χ1n) is 6.85. The van der Waals surface area contributed by atoms with Gasteiger partial charge in [0, 0.05) is 6.54 Å². The first kappa shape index (κ1) is 13.7. The van der Waals surface area contributed by atoms with Gasteiger partial charge < -0.3 is 10.1 Å². The number of rotatable bonds is 5. The van der Waals surface area contributed by atoms with E-state index < -0.39 is 0 Å². The van der Waals surface area contributed by atoms with Gasteiger partial charge in [0.2, 0.25) is 5.13 Å². The Bertz CT molecular complexity index is 359.